The number of rotatable bonds is 8. The van der Waals surface area contributed by atoms with Crippen molar-refractivity contribution in [1.29, 1.82) is 0 Å². The van der Waals surface area contributed by atoms with Crippen molar-refractivity contribution in [2.24, 2.45) is 7.05 Å². The zero-order chi connectivity index (χ0) is 15.2. The molecule has 0 saturated heterocycles. The van der Waals surface area contributed by atoms with Gasteiger partial charge in [0.05, 0.1) is 7.11 Å². The van der Waals surface area contributed by atoms with Crippen molar-refractivity contribution >= 4 is 17.7 Å². The molecule has 0 aromatic carbocycles. The number of nitrogens with zero attached hydrogens (tertiary/aromatic N) is 2. The van der Waals surface area contributed by atoms with E-state index in [9.17, 15) is 9.59 Å². The van der Waals surface area contributed by atoms with Crippen molar-refractivity contribution in [2.75, 3.05) is 19.9 Å². The van der Waals surface area contributed by atoms with Gasteiger partial charge in [-0.3, -0.25) is 9.36 Å². The summed E-state index contributed by atoms with van der Waals surface area (Å²) in [6, 6.07) is 0. The SMILES string of the molecule is CNC(C)(CCCCSc1n[nH]c(=O)n1C)C(=O)OC. The van der Waals surface area contributed by atoms with Crippen molar-refractivity contribution in [3.05, 3.63) is 10.5 Å². The first kappa shape index (κ1) is 16.8. The van der Waals surface area contributed by atoms with Crippen molar-refractivity contribution < 1.29 is 9.53 Å². The van der Waals surface area contributed by atoms with Crippen LogP contribution in [0.15, 0.2) is 9.95 Å². The topological polar surface area (TPSA) is 89.0 Å². The molecular formula is C12H22N4O3S. The maximum absolute atomic E-state index is 11.7. The minimum absolute atomic E-state index is 0.207. The van der Waals surface area contributed by atoms with Crippen molar-refractivity contribution in [3.63, 3.8) is 0 Å². The molecule has 0 fully saturated rings. The second-order valence-corrected chi connectivity index (χ2v) is 5.81. The molecule has 1 aromatic rings. The Morgan fingerprint density at radius 1 is 1.55 bits per heavy atom. The highest BCUT2D eigenvalue weighted by Crippen LogP contribution is 2.19. The average Bonchev–Trinajstić information content (AvgIpc) is 2.77. The highest BCUT2D eigenvalue weighted by Gasteiger charge is 2.31. The van der Waals surface area contributed by atoms with Crippen molar-refractivity contribution in [2.45, 2.75) is 36.9 Å². The fourth-order valence-electron chi connectivity index (χ4n) is 1.76. The minimum Gasteiger partial charge on any atom is -0.468 e. The summed E-state index contributed by atoms with van der Waals surface area (Å²) < 4.78 is 6.28. The first-order chi connectivity index (χ1) is 9.44. The van der Waals surface area contributed by atoms with Gasteiger partial charge >= 0.3 is 11.7 Å². The third-order valence-electron chi connectivity index (χ3n) is 3.33. The molecule has 0 radical (unpaired) electrons. The van der Waals surface area contributed by atoms with Crippen LogP contribution in [0, 0.1) is 0 Å². The lowest BCUT2D eigenvalue weighted by molar-refractivity contribution is -0.148. The molecule has 2 N–H and O–H groups in total. The Kier molecular flexibility index (Phi) is 6.28. The number of esters is 1. The first-order valence-electron chi connectivity index (χ1n) is 6.46. The number of H-pyrrole nitrogens is 1. The highest BCUT2D eigenvalue weighted by molar-refractivity contribution is 7.99. The van der Waals surface area contributed by atoms with E-state index in [0.29, 0.717) is 11.6 Å². The number of unbranched alkanes of at least 4 members (excludes halogenated alkanes) is 1. The lowest BCUT2D eigenvalue weighted by Crippen LogP contribution is -2.48. The van der Waals surface area contributed by atoms with Gasteiger partial charge in [-0.1, -0.05) is 18.2 Å². The van der Waals surface area contributed by atoms with Crippen LogP contribution in [0.2, 0.25) is 0 Å². The standard InChI is InChI=1S/C12H22N4O3S/c1-12(13-2,9(17)19-4)7-5-6-8-20-11-15-14-10(18)16(11)3/h13H,5-8H2,1-4H3,(H,14,18). The fourth-order valence-corrected chi connectivity index (χ4v) is 2.68. The molecule has 7 nitrogen and oxygen atoms in total. The Hall–Kier alpha value is -1.28. The van der Waals surface area contributed by atoms with Crippen LogP contribution in [0.25, 0.3) is 0 Å². The molecule has 0 aliphatic rings. The van der Waals surface area contributed by atoms with Crippen LogP contribution in [0.4, 0.5) is 0 Å². The smallest absolute Gasteiger partial charge is 0.343 e. The first-order valence-corrected chi connectivity index (χ1v) is 7.44. The van der Waals surface area contributed by atoms with Gasteiger partial charge in [0.15, 0.2) is 5.16 Å². The third-order valence-corrected chi connectivity index (χ3v) is 4.44. The molecule has 0 amide bonds. The number of carbonyl (C=O) groups excluding carboxylic acids is 1. The summed E-state index contributed by atoms with van der Waals surface area (Å²) in [5, 5.41) is 10.0. The van der Waals surface area contributed by atoms with Crippen molar-refractivity contribution in [3.8, 4) is 0 Å². The predicted molar refractivity (Wildman–Crippen MR) is 77.9 cm³/mol. The van der Waals surface area contributed by atoms with Gasteiger partial charge in [0.2, 0.25) is 0 Å². The highest BCUT2D eigenvalue weighted by atomic mass is 32.2. The summed E-state index contributed by atoms with van der Waals surface area (Å²) in [7, 11) is 4.83. The Balaban J connectivity index is 2.33. The van der Waals surface area contributed by atoms with Gasteiger partial charge in [0, 0.05) is 12.8 Å². The molecule has 1 rings (SSSR count). The maximum atomic E-state index is 11.7. The molecule has 0 spiro atoms. The molecule has 8 heteroatoms. The summed E-state index contributed by atoms with van der Waals surface area (Å²) in [5.74, 6) is 0.599. The van der Waals surface area contributed by atoms with Gasteiger partial charge in [-0.2, -0.15) is 0 Å². The number of methoxy groups -OCH3 is 1. The molecule has 1 atom stereocenters. The number of aromatic nitrogens is 3. The number of nitrogens with one attached hydrogen (secondary N) is 2. The van der Waals surface area contributed by atoms with Crippen LogP contribution in [0.3, 0.4) is 0 Å². The number of hydrogen-bond acceptors (Lipinski definition) is 6. The molecule has 1 unspecified atom stereocenters. The third kappa shape index (κ3) is 4.11. The molecular weight excluding hydrogens is 280 g/mol. The van der Waals surface area contributed by atoms with E-state index in [1.165, 1.54) is 23.4 Å². The average molecular weight is 302 g/mol. The van der Waals surface area contributed by atoms with Crippen LogP contribution in [-0.2, 0) is 16.6 Å². The molecule has 0 aliphatic carbocycles. The Morgan fingerprint density at radius 2 is 2.25 bits per heavy atom. The van der Waals surface area contributed by atoms with E-state index in [-0.39, 0.29) is 11.7 Å². The lowest BCUT2D eigenvalue weighted by Gasteiger charge is -2.25. The van der Waals surface area contributed by atoms with Crippen LogP contribution >= 0.6 is 11.8 Å². The lowest BCUT2D eigenvalue weighted by atomic mass is 9.95. The molecule has 20 heavy (non-hydrogen) atoms. The summed E-state index contributed by atoms with van der Waals surface area (Å²) >= 11 is 1.52. The largest absolute Gasteiger partial charge is 0.468 e. The zero-order valence-electron chi connectivity index (χ0n) is 12.4. The van der Waals surface area contributed by atoms with Crippen molar-refractivity contribution in [1.82, 2.24) is 20.1 Å². The predicted octanol–water partition coefficient (Wildman–Crippen LogP) is 0.522. The minimum atomic E-state index is -0.640. The summed E-state index contributed by atoms with van der Waals surface area (Å²) in [6.07, 6.45) is 2.52. The van der Waals surface area contributed by atoms with Gasteiger partial charge < -0.3 is 10.1 Å². The van der Waals surface area contributed by atoms with Gasteiger partial charge in [0.25, 0.3) is 0 Å². The van der Waals surface area contributed by atoms with E-state index in [4.69, 9.17) is 4.74 Å². The van der Waals surface area contributed by atoms with Gasteiger partial charge in [0.1, 0.15) is 5.54 Å². The second-order valence-electron chi connectivity index (χ2n) is 4.75. The van der Waals surface area contributed by atoms with E-state index in [1.54, 1.807) is 14.1 Å². The molecule has 114 valence electrons. The number of aromatic amines is 1. The van der Waals surface area contributed by atoms with Gasteiger partial charge in [-0.15, -0.1) is 5.10 Å². The van der Waals surface area contributed by atoms with E-state index >= 15 is 0 Å². The molecule has 0 bridgehead atoms. The normalized spacial score (nSPS) is 14.0. The van der Waals surface area contributed by atoms with E-state index in [1.807, 2.05) is 6.92 Å². The monoisotopic (exact) mass is 302 g/mol. The summed E-state index contributed by atoms with van der Waals surface area (Å²) in [4.78, 5) is 22.8. The van der Waals surface area contributed by atoms with Gasteiger partial charge in [-0.25, -0.2) is 9.89 Å². The van der Waals surface area contributed by atoms with E-state index < -0.39 is 5.54 Å². The number of likely N-dealkylation sites (N-methyl/N-ethyl adjacent to an activating group) is 1. The number of carbonyl (C=O) groups is 1. The quantitative estimate of drug-likeness (QED) is 0.413. The van der Waals surface area contributed by atoms with E-state index in [2.05, 4.69) is 15.5 Å². The number of thioether (sulfide) groups is 1. The van der Waals surface area contributed by atoms with Gasteiger partial charge in [-0.05, 0) is 26.8 Å². The zero-order valence-corrected chi connectivity index (χ0v) is 13.2. The van der Waals surface area contributed by atoms with E-state index in [0.717, 1.165) is 18.6 Å². The number of ether oxygens (including phenoxy) is 1. The van der Waals surface area contributed by atoms with Crippen LogP contribution in [0.5, 0.6) is 0 Å². The number of hydrogen-bond donors (Lipinski definition) is 2. The van der Waals surface area contributed by atoms with Crippen LogP contribution in [0.1, 0.15) is 26.2 Å². The summed E-state index contributed by atoms with van der Waals surface area (Å²) in [5.41, 5.74) is -0.848. The summed E-state index contributed by atoms with van der Waals surface area (Å²) in [6.45, 7) is 1.84. The Labute approximate surface area is 122 Å². The Bertz CT molecular complexity index is 499. The Morgan fingerprint density at radius 3 is 2.75 bits per heavy atom. The molecule has 1 heterocycles. The van der Waals surface area contributed by atoms with Crippen LogP contribution < -0.4 is 11.0 Å². The van der Waals surface area contributed by atoms with Crippen LogP contribution in [-0.4, -0.2) is 46.2 Å². The maximum Gasteiger partial charge on any atom is 0.343 e. The fraction of sp³-hybridized carbons (Fsp3) is 0.750. The molecule has 0 aliphatic heterocycles. The molecule has 1 aromatic heterocycles. The molecule has 0 saturated carbocycles. The second kappa shape index (κ2) is 7.49.